The molecule has 0 aromatic heterocycles. The average molecular weight is 272 g/mol. The molecule has 2 fully saturated rings. The van der Waals surface area contributed by atoms with Gasteiger partial charge in [-0.2, -0.15) is 0 Å². The van der Waals surface area contributed by atoms with E-state index in [1.807, 2.05) is 26.0 Å². The molecule has 0 spiro atoms. The first-order valence-electron chi connectivity index (χ1n) is 7.56. The maximum atomic E-state index is 12.4. The first kappa shape index (κ1) is 13.5. The lowest BCUT2D eigenvalue weighted by molar-refractivity contribution is -0.134. The van der Waals surface area contributed by atoms with E-state index in [4.69, 9.17) is 0 Å². The first-order chi connectivity index (χ1) is 9.54. The maximum Gasteiger partial charge on any atom is 0.225 e. The summed E-state index contributed by atoms with van der Waals surface area (Å²) in [5.74, 6) is 2.38. The number of nitrogens with zero attached hydrogens (tertiary/aromatic N) is 2. The lowest BCUT2D eigenvalue weighted by Crippen LogP contribution is -2.31. The summed E-state index contributed by atoms with van der Waals surface area (Å²) in [6.45, 7) is 0.721. The molecule has 0 radical (unpaired) electrons. The van der Waals surface area contributed by atoms with Gasteiger partial charge in [0, 0.05) is 39.3 Å². The third-order valence-corrected chi connectivity index (χ3v) is 4.84. The van der Waals surface area contributed by atoms with Gasteiger partial charge in [0.1, 0.15) is 0 Å². The zero-order valence-corrected chi connectivity index (χ0v) is 12.7. The monoisotopic (exact) mass is 272 g/mol. The molecular weight excluding hydrogens is 248 g/mol. The van der Waals surface area contributed by atoms with Crippen molar-refractivity contribution < 1.29 is 4.79 Å². The number of amides is 1. The standard InChI is InChI=1S/C17H24N2O/c1-18(2)16-6-4-12(5-7-16)11-19(3)17(20)15-9-13-8-14(13)10-15/h4-7,13-15H,8-11H2,1-3H3. The molecule has 0 aliphatic heterocycles. The molecule has 2 aliphatic rings. The van der Waals surface area contributed by atoms with E-state index in [2.05, 4.69) is 29.2 Å². The smallest absolute Gasteiger partial charge is 0.225 e. The Hall–Kier alpha value is -1.51. The van der Waals surface area contributed by atoms with Gasteiger partial charge in [0.25, 0.3) is 0 Å². The molecule has 108 valence electrons. The van der Waals surface area contributed by atoms with E-state index in [0.29, 0.717) is 11.8 Å². The van der Waals surface area contributed by atoms with E-state index >= 15 is 0 Å². The Morgan fingerprint density at radius 3 is 2.20 bits per heavy atom. The lowest BCUT2D eigenvalue weighted by Gasteiger charge is -2.22. The zero-order chi connectivity index (χ0) is 14.3. The Labute approximate surface area is 121 Å². The second-order valence-electron chi connectivity index (χ2n) is 6.68. The fraction of sp³-hybridized carbons (Fsp3) is 0.588. The van der Waals surface area contributed by atoms with Gasteiger partial charge in [-0.15, -0.1) is 0 Å². The molecule has 1 amide bonds. The zero-order valence-electron chi connectivity index (χ0n) is 12.7. The molecule has 3 heteroatoms. The number of fused-ring (bicyclic) bond motifs is 1. The number of hydrogen-bond donors (Lipinski definition) is 0. The van der Waals surface area contributed by atoms with Crippen molar-refractivity contribution in [3.05, 3.63) is 29.8 Å². The van der Waals surface area contributed by atoms with Crippen molar-refractivity contribution >= 4 is 11.6 Å². The van der Waals surface area contributed by atoms with Crippen molar-refractivity contribution in [1.29, 1.82) is 0 Å². The fourth-order valence-corrected chi connectivity index (χ4v) is 3.48. The largest absolute Gasteiger partial charge is 0.378 e. The molecular formula is C17H24N2O. The third-order valence-electron chi connectivity index (χ3n) is 4.84. The average Bonchev–Trinajstić information content (AvgIpc) is 3.05. The Morgan fingerprint density at radius 1 is 1.05 bits per heavy atom. The Balaban J connectivity index is 1.57. The van der Waals surface area contributed by atoms with Crippen LogP contribution in [0.25, 0.3) is 0 Å². The summed E-state index contributed by atoms with van der Waals surface area (Å²) in [6, 6.07) is 8.45. The summed E-state index contributed by atoms with van der Waals surface area (Å²) >= 11 is 0. The number of hydrogen-bond acceptors (Lipinski definition) is 2. The highest BCUT2D eigenvalue weighted by Gasteiger charge is 2.48. The van der Waals surface area contributed by atoms with Crippen LogP contribution in [0.1, 0.15) is 24.8 Å². The van der Waals surface area contributed by atoms with Crippen LogP contribution in [0.3, 0.4) is 0 Å². The van der Waals surface area contributed by atoms with Crippen molar-refractivity contribution in [2.45, 2.75) is 25.8 Å². The molecule has 0 N–H and O–H groups in total. The summed E-state index contributed by atoms with van der Waals surface area (Å²) in [4.78, 5) is 16.4. The fourth-order valence-electron chi connectivity index (χ4n) is 3.48. The molecule has 0 bridgehead atoms. The third kappa shape index (κ3) is 2.67. The van der Waals surface area contributed by atoms with Crippen LogP contribution in [0.15, 0.2) is 24.3 Å². The molecule has 1 aromatic carbocycles. The molecule has 3 nitrogen and oxygen atoms in total. The van der Waals surface area contributed by atoms with E-state index in [-0.39, 0.29) is 0 Å². The van der Waals surface area contributed by atoms with Crippen LogP contribution in [0, 0.1) is 17.8 Å². The molecule has 3 rings (SSSR count). The quantitative estimate of drug-likeness (QED) is 0.841. The van der Waals surface area contributed by atoms with Crippen LogP contribution < -0.4 is 4.90 Å². The van der Waals surface area contributed by atoms with Gasteiger partial charge < -0.3 is 9.80 Å². The van der Waals surface area contributed by atoms with Gasteiger partial charge in [0.05, 0.1) is 0 Å². The summed E-state index contributed by atoms with van der Waals surface area (Å²) in [5, 5.41) is 0. The highest BCUT2D eigenvalue weighted by molar-refractivity contribution is 5.79. The molecule has 2 aliphatic carbocycles. The van der Waals surface area contributed by atoms with Gasteiger partial charge in [-0.25, -0.2) is 0 Å². The number of benzene rings is 1. The Morgan fingerprint density at radius 2 is 1.65 bits per heavy atom. The number of carbonyl (C=O) groups excluding carboxylic acids is 1. The van der Waals surface area contributed by atoms with Gasteiger partial charge in [-0.3, -0.25) is 4.79 Å². The number of rotatable bonds is 4. The van der Waals surface area contributed by atoms with Crippen LogP contribution in [-0.4, -0.2) is 32.0 Å². The molecule has 0 saturated heterocycles. The first-order valence-corrected chi connectivity index (χ1v) is 7.56. The van der Waals surface area contributed by atoms with Crippen molar-refractivity contribution in [2.75, 3.05) is 26.0 Å². The van der Waals surface area contributed by atoms with Crippen LogP contribution in [0.2, 0.25) is 0 Å². The van der Waals surface area contributed by atoms with Gasteiger partial charge >= 0.3 is 0 Å². The van der Waals surface area contributed by atoms with Crippen LogP contribution in [-0.2, 0) is 11.3 Å². The summed E-state index contributed by atoms with van der Waals surface area (Å²) in [5.41, 5.74) is 2.40. The van der Waals surface area contributed by atoms with Crippen LogP contribution in [0.4, 0.5) is 5.69 Å². The summed E-state index contributed by atoms with van der Waals surface area (Å²) < 4.78 is 0. The van der Waals surface area contributed by atoms with Crippen molar-refractivity contribution in [3.8, 4) is 0 Å². The van der Waals surface area contributed by atoms with E-state index < -0.39 is 0 Å². The van der Waals surface area contributed by atoms with Crippen molar-refractivity contribution in [1.82, 2.24) is 4.90 Å². The van der Waals surface area contributed by atoms with Gasteiger partial charge in [0.2, 0.25) is 5.91 Å². The predicted octanol–water partition coefficient (Wildman–Crippen LogP) is 2.76. The van der Waals surface area contributed by atoms with E-state index in [1.165, 1.54) is 17.7 Å². The molecule has 2 atom stereocenters. The number of carbonyl (C=O) groups is 1. The Kier molecular flexibility index (Phi) is 3.45. The minimum atomic E-state index is 0.296. The van der Waals surface area contributed by atoms with E-state index in [9.17, 15) is 4.79 Å². The molecule has 2 unspecified atom stereocenters. The van der Waals surface area contributed by atoms with E-state index in [0.717, 1.165) is 31.2 Å². The van der Waals surface area contributed by atoms with Gasteiger partial charge in [-0.05, 0) is 48.8 Å². The topological polar surface area (TPSA) is 23.6 Å². The highest BCUT2D eigenvalue weighted by atomic mass is 16.2. The normalized spacial score (nSPS) is 27.1. The summed E-state index contributed by atoms with van der Waals surface area (Å²) in [6.07, 6.45) is 3.64. The summed E-state index contributed by atoms with van der Waals surface area (Å²) in [7, 11) is 6.01. The molecule has 0 heterocycles. The van der Waals surface area contributed by atoms with Gasteiger partial charge in [-0.1, -0.05) is 12.1 Å². The molecule has 2 saturated carbocycles. The van der Waals surface area contributed by atoms with Crippen LogP contribution in [0.5, 0.6) is 0 Å². The predicted molar refractivity (Wildman–Crippen MR) is 81.6 cm³/mol. The minimum Gasteiger partial charge on any atom is -0.378 e. The lowest BCUT2D eigenvalue weighted by atomic mass is 10.0. The highest BCUT2D eigenvalue weighted by Crippen LogP contribution is 2.54. The molecule has 1 aromatic rings. The van der Waals surface area contributed by atoms with Gasteiger partial charge in [0.15, 0.2) is 0 Å². The van der Waals surface area contributed by atoms with Crippen LogP contribution >= 0.6 is 0 Å². The SMILES string of the molecule is CN(Cc1ccc(N(C)C)cc1)C(=O)C1CC2CC2C1. The van der Waals surface area contributed by atoms with Crippen molar-refractivity contribution in [3.63, 3.8) is 0 Å². The second kappa shape index (κ2) is 5.12. The van der Waals surface area contributed by atoms with E-state index in [1.54, 1.807) is 0 Å². The molecule has 20 heavy (non-hydrogen) atoms. The second-order valence-corrected chi connectivity index (χ2v) is 6.68. The van der Waals surface area contributed by atoms with Crippen molar-refractivity contribution in [2.24, 2.45) is 17.8 Å². The minimum absolute atomic E-state index is 0.296. The maximum absolute atomic E-state index is 12.4. The number of anilines is 1. The Bertz CT molecular complexity index is 484.